The fraction of sp³-hybridized carbons (Fsp3) is 0.267. The highest BCUT2D eigenvalue weighted by Gasteiger charge is 2.42. The summed E-state index contributed by atoms with van der Waals surface area (Å²) in [5.41, 5.74) is 12.6. The fourth-order valence-corrected chi connectivity index (χ4v) is 6.17. The Morgan fingerprint density at radius 3 is 2.29 bits per heavy atom. The summed E-state index contributed by atoms with van der Waals surface area (Å²) in [5, 5.41) is 3.74. The molecular weight excluding hydrogens is 374 g/mol. The minimum absolute atomic E-state index is 0.0310. The van der Waals surface area contributed by atoms with Crippen LogP contribution in [0, 0.1) is 0 Å². The van der Waals surface area contributed by atoms with Crippen LogP contribution in [0.5, 0.6) is 0 Å². The van der Waals surface area contributed by atoms with Crippen LogP contribution < -0.4 is 5.32 Å². The molecule has 1 N–H and O–H groups in total. The van der Waals surface area contributed by atoms with Crippen LogP contribution in [-0.2, 0) is 10.8 Å². The third kappa shape index (κ3) is 2.56. The summed E-state index contributed by atoms with van der Waals surface area (Å²) in [6, 6.07) is 24.7. The van der Waals surface area contributed by atoms with Gasteiger partial charge in [-0.3, -0.25) is 0 Å². The first-order valence-electron chi connectivity index (χ1n) is 11.4. The van der Waals surface area contributed by atoms with E-state index in [0.29, 0.717) is 5.92 Å². The molecule has 3 aromatic carbocycles. The Balaban J connectivity index is 1.34. The first-order valence-corrected chi connectivity index (χ1v) is 11.4. The predicted molar refractivity (Wildman–Crippen MR) is 131 cm³/mol. The van der Waals surface area contributed by atoms with Crippen LogP contribution in [0.1, 0.15) is 62.3 Å². The summed E-state index contributed by atoms with van der Waals surface area (Å²) < 4.78 is 0. The van der Waals surface area contributed by atoms with Gasteiger partial charge in [0.25, 0.3) is 0 Å². The molecule has 0 aromatic heterocycles. The van der Waals surface area contributed by atoms with Crippen LogP contribution in [0.3, 0.4) is 0 Å². The zero-order valence-electron chi connectivity index (χ0n) is 18.8. The van der Waals surface area contributed by atoms with E-state index in [-0.39, 0.29) is 10.8 Å². The van der Waals surface area contributed by atoms with Crippen LogP contribution in [-0.4, -0.2) is 0 Å². The quantitative estimate of drug-likeness (QED) is 0.462. The van der Waals surface area contributed by atoms with E-state index in [1.165, 1.54) is 50.3 Å². The first kappa shape index (κ1) is 18.7. The van der Waals surface area contributed by atoms with Gasteiger partial charge in [-0.15, -0.1) is 0 Å². The average molecular weight is 404 g/mol. The van der Waals surface area contributed by atoms with Crippen LogP contribution in [0.25, 0.3) is 11.1 Å². The van der Waals surface area contributed by atoms with Crippen molar-refractivity contribution < 1.29 is 0 Å². The number of allylic oxidation sites excluding steroid dienone is 3. The molecule has 0 heterocycles. The zero-order valence-corrected chi connectivity index (χ0v) is 18.8. The number of hydrogen-bond acceptors (Lipinski definition) is 1. The van der Waals surface area contributed by atoms with Gasteiger partial charge in [-0.1, -0.05) is 93.9 Å². The van der Waals surface area contributed by atoms with E-state index in [4.69, 9.17) is 0 Å². The minimum Gasteiger partial charge on any atom is -0.356 e. The van der Waals surface area contributed by atoms with Crippen molar-refractivity contribution >= 4 is 5.69 Å². The molecular formula is C30H29N. The SMILES string of the molecule is CC1(C)C2=CC(Nc3ccc4c(c3)C(C)(C)c3ccccc3-4)=CCC2c2ccccc21. The number of anilines is 1. The molecule has 3 aliphatic rings. The van der Waals surface area contributed by atoms with E-state index >= 15 is 0 Å². The monoisotopic (exact) mass is 403 g/mol. The van der Waals surface area contributed by atoms with Gasteiger partial charge in [0.05, 0.1) is 0 Å². The molecule has 0 saturated heterocycles. The van der Waals surface area contributed by atoms with Gasteiger partial charge in [-0.25, -0.2) is 0 Å². The second kappa shape index (κ2) is 6.23. The van der Waals surface area contributed by atoms with Crippen molar-refractivity contribution in [1.82, 2.24) is 0 Å². The average Bonchev–Trinajstić information content (AvgIpc) is 3.14. The van der Waals surface area contributed by atoms with E-state index in [2.05, 4.69) is 112 Å². The summed E-state index contributed by atoms with van der Waals surface area (Å²) >= 11 is 0. The second-order valence-corrected chi connectivity index (χ2v) is 10.3. The third-order valence-electron chi connectivity index (χ3n) is 7.86. The Hall–Kier alpha value is -3.06. The first-order chi connectivity index (χ1) is 14.9. The van der Waals surface area contributed by atoms with Crippen molar-refractivity contribution in [3.8, 4) is 11.1 Å². The van der Waals surface area contributed by atoms with Crippen molar-refractivity contribution in [2.24, 2.45) is 0 Å². The Bertz CT molecular complexity index is 1290. The molecule has 0 radical (unpaired) electrons. The highest BCUT2D eigenvalue weighted by Crippen LogP contribution is 2.53. The molecule has 1 nitrogen and oxygen atoms in total. The van der Waals surface area contributed by atoms with E-state index in [1.807, 2.05) is 0 Å². The molecule has 31 heavy (non-hydrogen) atoms. The Kier molecular flexibility index (Phi) is 3.76. The van der Waals surface area contributed by atoms with Crippen LogP contribution in [0.4, 0.5) is 5.69 Å². The van der Waals surface area contributed by atoms with Crippen LogP contribution in [0.2, 0.25) is 0 Å². The summed E-state index contributed by atoms with van der Waals surface area (Å²) in [6.07, 6.45) is 5.84. The topological polar surface area (TPSA) is 12.0 Å². The minimum atomic E-state index is 0.0310. The highest BCUT2D eigenvalue weighted by molar-refractivity contribution is 5.82. The van der Waals surface area contributed by atoms with Gasteiger partial charge < -0.3 is 5.32 Å². The molecule has 1 atom stereocenters. The van der Waals surface area contributed by atoms with Gasteiger partial charge in [0.15, 0.2) is 0 Å². The highest BCUT2D eigenvalue weighted by atomic mass is 14.9. The maximum atomic E-state index is 3.74. The van der Waals surface area contributed by atoms with Crippen LogP contribution in [0.15, 0.2) is 90.2 Å². The van der Waals surface area contributed by atoms with E-state index < -0.39 is 0 Å². The summed E-state index contributed by atoms with van der Waals surface area (Å²) in [6.45, 7) is 9.42. The zero-order chi connectivity index (χ0) is 21.4. The Morgan fingerprint density at radius 2 is 1.45 bits per heavy atom. The number of rotatable bonds is 2. The van der Waals surface area contributed by atoms with Crippen molar-refractivity contribution in [1.29, 1.82) is 0 Å². The number of benzene rings is 3. The van der Waals surface area contributed by atoms with Gasteiger partial charge >= 0.3 is 0 Å². The molecule has 0 spiro atoms. The van der Waals surface area contributed by atoms with E-state index in [9.17, 15) is 0 Å². The molecule has 3 aliphatic carbocycles. The fourth-order valence-electron chi connectivity index (χ4n) is 6.17. The lowest BCUT2D eigenvalue weighted by atomic mass is 9.78. The van der Waals surface area contributed by atoms with Crippen molar-refractivity contribution in [3.05, 3.63) is 112 Å². The van der Waals surface area contributed by atoms with Gasteiger partial charge in [-0.2, -0.15) is 0 Å². The summed E-state index contributed by atoms with van der Waals surface area (Å²) in [5.74, 6) is 0.519. The second-order valence-electron chi connectivity index (χ2n) is 10.3. The van der Waals surface area contributed by atoms with Crippen molar-refractivity contribution in [3.63, 3.8) is 0 Å². The molecule has 0 amide bonds. The van der Waals surface area contributed by atoms with Gasteiger partial charge in [0.1, 0.15) is 0 Å². The molecule has 1 unspecified atom stereocenters. The molecule has 154 valence electrons. The third-order valence-corrected chi connectivity index (χ3v) is 7.86. The molecule has 0 saturated carbocycles. The van der Waals surface area contributed by atoms with Crippen molar-refractivity contribution in [2.75, 3.05) is 5.32 Å². The molecule has 0 aliphatic heterocycles. The molecule has 0 bridgehead atoms. The summed E-state index contributed by atoms with van der Waals surface area (Å²) in [7, 11) is 0. The Labute approximate surface area is 185 Å². The normalized spacial score (nSPS) is 21.4. The largest absolute Gasteiger partial charge is 0.356 e. The molecule has 0 fully saturated rings. The Morgan fingerprint density at radius 1 is 0.742 bits per heavy atom. The predicted octanol–water partition coefficient (Wildman–Crippen LogP) is 7.69. The lowest BCUT2D eigenvalue weighted by Gasteiger charge is -2.27. The van der Waals surface area contributed by atoms with Crippen molar-refractivity contribution in [2.45, 2.75) is 50.9 Å². The maximum Gasteiger partial charge on any atom is 0.0387 e. The lowest BCUT2D eigenvalue weighted by Crippen LogP contribution is -2.19. The van der Waals surface area contributed by atoms with Crippen LogP contribution >= 0.6 is 0 Å². The molecule has 3 aromatic rings. The number of nitrogens with one attached hydrogen (secondary N) is 1. The maximum absolute atomic E-state index is 3.74. The van der Waals surface area contributed by atoms with Gasteiger partial charge in [0, 0.05) is 28.1 Å². The lowest BCUT2D eigenvalue weighted by molar-refractivity contribution is 0.610. The smallest absolute Gasteiger partial charge is 0.0387 e. The van der Waals surface area contributed by atoms with Gasteiger partial charge in [0.2, 0.25) is 0 Å². The standard InChI is InChI=1S/C30H29N/c1-29(2)25-11-7-5-9-21(25)23-15-13-19(17-27(23)29)31-20-14-16-24-22-10-6-8-12-26(22)30(3,4)28(24)18-20/h5-15,17-18,24,31H,16H2,1-4H3. The molecule has 6 rings (SSSR count). The van der Waals surface area contributed by atoms with Gasteiger partial charge in [-0.05, 0) is 58.0 Å². The van der Waals surface area contributed by atoms with E-state index in [0.717, 1.165) is 6.42 Å². The summed E-state index contributed by atoms with van der Waals surface area (Å²) in [4.78, 5) is 0. The number of fused-ring (bicyclic) bond motifs is 6. The number of hydrogen-bond donors (Lipinski definition) is 1. The molecule has 1 heteroatoms. The van der Waals surface area contributed by atoms with E-state index in [1.54, 1.807) is 0 Å².